The van der Waals surface area contributed by atoms with E-state index in [1.165, 1.54) is 4.88 Å². The third-order valence-electron chi connectivity index (χ3n) is 2.32. The summed E-state index contributed by atoms with van der Waals surface area (Å²) in [6.07, 6.45) is 0. The first kappa shape index (κ1) is 10.1. The molecule has 0 saturated carbocycles. The zero-order chi connectivity index (χ0) is 10.0. The van der Waals surface area contributed by atoms with Crippen molar-refractivity contribution in [3.8, 4) is 0 Å². The molecule has 1 aromatic heterocycles. The molecule has 0 unspecified atom stereocenters. The lowest BCUT2D eigenvalue weighted by Crippen LogP contribution is -2.34. The second-order valence-corrected chi connectivity index (χ2v) is 4.70. The standard InChI is InChI=1S/C10H14O3S/c1-8-4-9(5-14-8)10(11)6-12-2-3-13-7-10/h4-5,11H,2-3,6-7H2,1H3. The molecule has 4 heteroatoms. The summed E-state index contributed by atoms with van der Waals surface area (Å²) in [5, 5.41) is 12.3. The van der Waals surface area contributed by atoms with Gasteiger partial charge in [-0.25, -0.2) is 0 Å². The number of rotatable bonds is 1. The summed E-state index contributed by atoms with van der Waals surface area (Å²) in [4.78, 5) is 1.19. The highest BCUT2D eigenvalue weighted by Crippen LogP contribution is 2.27. The molecule has 2 heterocycles. The Morgan fingerprint density at radius 2 is 2.00 bits per heavy atom. The van der Waals surface area contributed by atoms with E-state index in [4.69, 9.17) is 9.47 Å². The molecule has 78 valence electrons. The fourth-order valence-electron chi connectivity index (χ4n) is 1.50. The normalized spacial score (nSPS) is 21.9. The third-order valence-corrected chi connectivity index (χ3v) is 3.18. The Morgan fingerprint density at radius 1 is 1.36 bits per heavy atom. The lowest BCUT2D eigenvalue weighted by Gasteiger charge is -2.24. The van der Waals surface area contributed by atoms with Crippen molar-refractivity contribution in [1.82, 2.24) is 0 Å². The SMILES string of the molecule is Cc1cc(C2(O)COCCOC2)cs1. The Morgan fingerprint density at radius 3 is 2.50 bits per heavy atom. The molecule has 0 bridgehead atoms. The molecule has 0 atom stereocenters. The van der Waals surface area contributed by atoms with Gasteiger partial charge in [-0.15, -0.1) is 11.3 Å². The summed E-state index contributed by atoms with van der Waals surface area (Å²) < 4.78 is 10.6. The van der Waals surface area contributed by atoms with E-state index in [0.29, 0.717) is 26.4 Å². The number of thiophene rings is 1. The smallest absolute Gasteiger partial charge is 0.137 e. The van der Waals surface area contributed by atoms with Crippen LogP contribution in [0.3, 0.4) is 0 Å². The molecular formula is C10H14O3S. The van der Waals surface area contributed by atoms with Gasteiger partial charge in [0.25, 0.3) is 0 Å². The maximum absolute atomic E-state index is 10.3. The first-order valence-electron chi connectivity index (χ1n) is 4.64. The maximum atomic E-state index is 10.3. The minimum atomic E-state index is -0.957. The van der Waals surface area contributed by atoms with Crippen molar-refractivity contribution >= 4 is 11.3 Å². The molecule has 1 N–H and O–H groups in total. The molecule has 14 heavy (non-hydrogen) atoms. The average molecular weight is 214 g/mol. The van der Waals surface area contributed by atoms with E-state index in [1.807, 2.05) is 18.4 Å². The summed E-state index contributed by atoms with van der Waals surface area (Å²) in [5.74, 6) is 0. The van der Waals surface area contributed by atoms with Crippen LogP contribution in [0.15, 0.2) is 11.4 Å². The number of aryl methyl sites for hydroxylation is 1. The summed E-state index contributed by atoms with van der Waals surface area (Å²) in [7, 11) is 0. The molecule has 1 aliphatic rings. The van der Waals surface area contributed by atoms with E-state index < -0.39 is 5.60 Å². The second-order valence-electron chi connectivity index (χ2n) is 3.58. The van der Waals surface area contributed by atoms with Crippen LogP contribution in [-0.4, -0.2) is 31.5 Å². The van der Waals surface area contributed by atoms with Gasteiger partial charge >= 0.3 is 0 Å². The minimum absolute atomic E-state index is 0.323. The van der Waals surface area contributed by atoms with Gasteiger partial charge in [0.15, 0.2) is 0 Å². The van der Waals surface area contributed by atoms with Gasteiger partial charge in [0, 0.05) is 4.88 Å². The molecule has 1 saturated heterocycles. The van der Waals surface area contributed by atoms with E-state index in [1.54, 1.807) is 11.3 Å². The first-order valence-corrected chi connectivity index (χ1v) is 5.52. The highest BCUT2D eigenvalue weighted by atomic mass is 32.1. The number of aliphatic hydroxyl groups is 1. The predicted molar refractivity (Wildman–Crippen MR) is 54.6 cm³/mol. The molecular weight excluding hydrogens is 200 g/mol. The van der Waals surface area contributed by atoms with Gasteiger partial charge in [0.2, 0.25) is 0 Å². The average Bonchev–Trinajstić information content (AvgIpc) is 2.47. The van der Waals surface area contributed by atoms with Crippen LogP contribution >= 0.6 is 11.3 Å². The lowest BCUT2D eigenvalue weighted by molar-refractivity contribution is -0.0596. The largest absolute Gasteiger partial charge is 0.380 e. The van der Waals surface area contributed by atoms with E-state index in [0.717, 1.165) is 5.56 Å². The molecule has 0 spiro atoms. The topological polar surface area (TPSA) is 38.7 Å². The number of hydrogen-bond donors (Lipinski definition) is 1. The number of hydrogen-bond acceptors (Lipinski definition) is 4. The maximum Gasteiger partial charge on any atom is 0.137 e. The van der Waals surface area contributed by atoms with Crippen molar-refractivity contribution < 1.29 is 14.6 Å². The van der Waals surface area contributed by atoms with Crippen LogP contribution in [0.4, 0.5) is 0 Å². The van der Waals surface area contributed by atoms with Gasteiger partial charge in [-0.3, -0.25) is 0 Å². The van der Waals surface area contributed by atoms with Crippen molar-refractivity contribution in [1.29, 1.82) is 0 Å². The molecule has 1 aliphatic heterocycles. The second kappa shape index (κ2) is 3.98. The van der Waals surface area contributed by atoms with Gasteiger partial charge in [0.05, 0.1) is 26.4 Å². The van der Waals surface area contributed by atoms with Gasteiger partial charge in [-0.05, 0) is 23.9 Å². The van der Waals surface area contributed by atoms with Crippen molar-refractivity contribution in [3.05, 3.63) is 21.9 Å². The van der Waals surface area contributed by atoms with Gasteiger partial charge in [-0.1, -0.05) is 0 Å². The summed E-state index contributed by atoms with van der Waals surface area (Å²) in [6, 6.07) is 1.99. The summed E-state index contributed by atoms with van der Waals surface area (Å²) in [5.41, 5.74) is -0.0525. The monoisotopic (exact) mass is 214 g/mol. The van der Waals surface area contributed by atoms with Gasteiger partial charge in [-0.2, -0.15) is 0 Å². The predicted octanol–water partition coefficient (Wildman–Crippen LogP) is 1.29. The molecule has 1 fully saturated rings. The minimum Gasteiger partial charge on any atom is -0.380 e. The van der Waals surface area contributed by atoms with Crippen LogP contribution in [0.5, 0.6) is 0 Å². The van der Waals surface area contributed by atoms with Crippen molar-refractivity contribution in [3.63, 3.8) is 0 Å². The first-order chi connectivity index (χ1) is 6.71. The molecule has 2 rings (SSSR count). The van der Waals surface area contributed by atoms with E-state index in [-0.39, 0.29) is 0 Å². The van der Waals surface area contributed by atoms with Crippen molar-refractivity contribution in [2.75, 3.05) is 26.4 Å². The molecule has 0 radical (unpaired) electrons. The Labute approximate surface area is 87.3 Å². The highest BCUT2D eigenvalue weighted by molar-refractivity contribution is 7.10. The Balaban J connectivity index is 2.20. The van der Waals surface area contributed by atoms with Crippen LogP contribution in [0.2, 0.25) is 0 Å². The highest BCUT2D eigenvalue weighted by Gasteiger charge is 2.32. The fraction of sp³-hybridized carbons (Fsp3) is 0.600. The van der Waals surface area contributed by atoms with Crippen LogP contribution in [0.1, 0.15) is 10.4 Å². The fourth-order valence-corrected chi connectivity index (χ4v) is 2.29. The van der Waals surface area contributed by atoms with E-state index in [2.05, 4.69) is 0 Å². The summed E-state index contributed by atoms with van der Waals surface area (Å²) in [6.45, 7) is 3.79. The van der Waals surface area contributed by atoms with Crippen LogP contribution in [-0.2, 0) is 15.1 Å². The Hall–Kier alpha value is -0.420. The van der Waals surface area contributed by atoms with E-state index >= 15 is 0 Å². The van der Waals surface area contributed by atoms with Crippen molar-refractivity contribution in [2.45, 2.75) is 12.5 Å². The molecule has 1 aromatic rings. The summed E-state index contributed by atoms with van der Waals surface area (Å²) >= 11 is 1.63. The zero-order valence-corrected chi connectivity index (χ0v) is 8.97. The van der Waals surface area contributed by atoms with Crippen LogP contribution < -0.4 is 0 Å². The quantitative estimate of drug-likeness (QED) is 0.765. The van der Waals surface area contributed by atoms with E-state index in [9.17, 15) is 5.11 Å². The van der Waals surface area contributed by atoms with Gasteiger partial charge in [0.1, 0.15) is 5.60 Å². The Kier molecular flexibility index (Phi) is 2.88. The molecule has 0 aliphatic carbocycles. The number of ether oxygens (including phenoxy) is 2. The van der Waals surface area contributed by atoms with Crippen LogP contribution in [0.25, 0.3) is 0 Å². The third kappa shape index (κ3) is 1.98. The lowest BCUT2D eigenvalue weighted by atomic mass is 9.98. The zero-order valence-electron chi connectivity index (χ0n) is 8.16. The van der Waals surface area contributed by atoms with Gasteiger partial charge < -0.3 is 14.6 Å². The molecule has 3 nitrogen and oxygen atoms in total. The molecule has 0 amide bonds. The van der Waals surface area contributed by atoms with Crippen LogP contribution in [0, 0.1) is 6.92 Å². The molecule has 0 aromatic carbocycles. The van der Waals surface area contributed by atoms with Crippen molar-refractivity contribution in [2.24, 2.45) is 0 Å². The Bertz CT molecular complexity index is 300.